The zero-order valence-electron chi connectivity index (χ0n) is 12.0. The summed E-state index contributed by atoms with van der Waals surface area (Å²) in [6.07, 6.45) is -4.05. The van der Waals surface area contributed by atoms with E-state index in [2.05, 4.69) is 5.32 Å². The van der Waals surface area contributed by atoms with Crippen molar-refractivity contribution in [1.29, 1.82) is 0 Å². The number of hydrogen-bond donors (Lipinski definition) is 2. The Labute approximate surface area is 120 Å². The average molecular weight is 311 g/mol. The molecule has 1 unspecified atom stereocenters. The van der Waals surface area contributed by atoms with Crippen LogP contribution in [-0.2, 0) is 14.3 Å². The van der Waals surface area contributed by atoms with Gasteiger partial charge in [-0.3, -0.25) is 9.59 Å². The number of methoxy groups -OCH3 is 1. The quantitative estimate of drug-likeness (QED) is 0.766. The van der Waals surface area contributed by atoms with Crippen LogP contribution in [0.25, 0.3) is 0 Å². The fraction of sp³-hybridized carbons (Fsp3) is 0.833. The maximum absolute atomic E-state index is 12.6. The second-order valence-electron chi connectivity index (χ2n) is 5.26. The Balaban J connectivity index is 2.50. The van der Waals surface area contributed by atoms with E-state index in [1.807, 2.05) is 0 Å². The summed E-state index contributed by atoms with van der Waals surface area (Å²) >= 11 is 0. The third-order valence-corrected chi connectivity index (χ3v) is 3.51. The van der Waals surface area contributed by atoms with Gasteiger partial charge in [0.25, 0.3) is 0 Å². The molecule has 0 spiro atoms. The number of carbonyl (C=O) groups is 2. The van der Waals surface area contributed by atoms with E-state index in [0.717, 1.165) is 0 Å². The van der Waals surface area contributed by atoms with Crippen molar-refractivity contribution in [2.75, 3.05) is 26.8 Å². The number of nitrogens with one attached hydrogen (secondary N) is 1. The van der Waals surface area contributed by atoms with Gasteiger partial charge in [-0.1, -0.05) is 0 Å². The van der Waals surface area contributed by atoms with Crippen molar-refractivity contribution >= 4 is 11.8 Å². The van der Waals surface area contributed by atoms with E-state index in [1.165, 1.54) is 7.11 Å². The molecule has 6 nitrogen and oxygen atoms in total. The first-order valence-electron chi connectivity index (χ1n) is 6.53. The minimum absolute atomic E-state index is 0.0357. The second-order valence-corrected chi connectivity index (χ2v) is 5.26. The van der Waals surface area contributed by atoms with Crippen LogP contribution in [0.3, 0.4) is 0 Å². The fourth-order valence-corrected chi connectivity index (χ4v) is 1.95. The highest BCUT2D eigenvalue weighted by Crippen LogP contribution is 2.28. The Morgan fingerprint density at radius 1 is 1.33 bits per heavy atom. The van der Waals surface area contributed by atoms with Gasteiger partial charge < -0.3 is 20.7 Å². The number of likely N-dealkylation sites (tertiary alicyclic amines) is 1. The van der Waals surface area contributed by atoms with Gasteiger partial charge in [0.05, 0.1) is 0 Å². The summed E-state index contributed by atoms with van der Waals surface area (Å²) in [5.41, 5.74) is 2.13. The first-order chi connectivity index (χ1) is 9.59. The third-order valence-electron chi connectivity index (χ3n) is 3.51. The van der Waals surface area contributed by atoms with Gasteiger partial charge in [0.2, 0.25) is 11.8 Å². The van der Waals surface area contributed by atoms with Gasteiger partial charge in [-0.2, -0.15) is 13.2 Å². The van der Waals surface area contributed by atoms with E-state index < -0.39 is 23.7 Å². The number of carbonyl (C=O) groups excluding carboxylic acids is 2. The van der Waals surface area contributed by atoms with E-state index in [9.17, 15) is 22.8 Å². The lowest BCUT2D eigenvalue weighted by Gasteiger charge is -2.34. The van der Waals surface area contributed by atoms with Gasteiger partial charge in [-0.15, -0.1) is 0 Å². The third kappa shape index (κ3) is 4.31. The predicted molar refractivity (Wildman–Crippen MR) is 68.3 cm³/mol. The molecule has 1 aliphatic heterocycles. The number of halogens is 3. The number of rotatable bonds is 4. The van der Waals surface area contributed by atoms with Crippen molar-refractivity contribution in [3.63, 3.8) is 0 Å². The summed E-state index contributed by atoms with van der Waals surface area (Å²) < 4.78 is 42.6. The molecule has 0 aliphatic carbocycles. The number of nitrogens with two attached hydrogens (primary N) is 1. The molecule has 21 heavy (non-hydrogen) atoms. The standard InChI is InChI=1S/C12H20F3N3O3/c1-11(16,12(13,14)15)10(20)17-8-3-5-18(6-4-8)9(19)7-21-2/h8H,3-7,16H2,1-2H3,(H,17,20). The molecular weight excluding hydrogens is 291 g/mol. The van der Waals surface area contributed by atoms with Gasteiger partial charge in [0.1, 0.15) is 6.61 Å². The van der Waals surface area contributed by atoms with Crippen molar-refractivity contribution in [1.82, 2.24) is 10.2 Å². The largest absolute Gasteiger partial charge is 0.415 e. The molecule has 1 aliphatic rings. The molecule has 1 atom stereocenters. The highest BCUT2D eigenvalue weighted by molar-refractivity contribution is 5.86. The first kappa shape index (κ1) is 17.7. The fourth-order valence-electron chi connectivity index (χ4n) is 1.95. The smallest absolute Gasteiger partial charge is 0.375 e. The van der Waals surface area contributed by atoms with Crippen molar-refractivity contribution in [3.05, 3.63) is 0 Å². The minimum atomic E-state index is -4.81. The van der Waals surface area contributed by atoms with Crippen LogP contribution in [0.5, 0.6) is 0 Å². The van der Waals surface area contributed by atoms with E-state index in [-0.39, 0.29) is 12.5 Å². The molecule has 1 fully saturated rings. The molecule has 0 aromatic heterocycles. The van der Waals surface area contributed by atoms with Crippen LogP contribution in [0, 0.1) is 0 Å². The number of amides is 2. The van der Waals surface area contributed by atoms with E-state index in [4.69, 9.17) is 10.5 Å². The molecule has 2 amide bonds. The zero-order valence-corrected chi connectivity index (χ0v) is 12.0. The maximum Gasteiger partial charge on any atom is 0.415 e. The van der Waals surface area contributed by atoms with Gasteiger partial charge >= 0.3 is 6.18 Å². The zero-order chi connectivity index (χ0) is 16.3. The molecule has 0 aromatic carbocycles. The molecule has 0 bridgehead atoms. The van der Waals surface area contributed by atoms with Crippen LogP contribution in [0.4, 0.5) is 13.2 Å². The number of piperidine rings is 1. The molecule has 1 rings (SSSR count). The molecule has 1 saturated heterocycles. The lowest BCUT2D eigenvalue weighted by atomic mass is 9.99. The highest BCUT2D eigenvalue weighted by Gasteiger charge is 2.54. The van der Waals surface area contributed by atoms with Crippen molar-refractivity contribution in [3.8, 4) is 0 Å². The summed E-state index contributed by atoms with van der Waals surface area (Å²) in [5.74, 6) is -1.43. The minimum Gasteiger partial charge on any atom is -0.375 e. The number of hydrogen-bond acceptors (Lipinski definition) is 4. The lowest BCUT2D eigenvalue weighted by molar-refractivity contribution is -0.187. The van der Waals surface area contributed by atoms with Gasteiger partial charge in [0.15, 0.2) is 5.54 Å². The van der Waals surface area contributed by atoms with Crippen LogP contribution in [-0.4, -0.2) is 61.3 Å². The number of alkyl halides is 3. The van der Waals surface area contributed by atoms with Crippen molar-refractivity contribution in [2.45, 2.75) is 37.5 Å². The second kappa shape index (κ2) is 6.61. The molecule has 0 aromatic rings. The molecule has 3 N–H and O–H groups in total. The van der Waals surface area contributed by atoms with Crippen LogP contribution < -0.4 is 11.1 Å². The summed E-state index contributed by atoms with van der Waals surface area (Å²) in [7, 11) is 1.41. The Morgan fingerprint density at radius 2 is 1.86 bits per heavy atom. The summed E-state index contributed by atoms with van der Waals surface area (Å²) in [5, 5.41) is 2.30. The highest BCUT2D eigenvalue weighted by atomic mass is 19.4. The number of ether oxygens (including phenoxy) is 1. The average Bonchev–Trinajstić information content (AvgIpc) is 2.38. The van der Waals surface area contributed by atoms with Gasteiger partial charge in [-0.05, 0) is 19.8 Å². The van der Waals surface area contributed by atoms with Gasteiger partial charge in [-0.25, -0.2) is 0 Å². The Hall–Kier alpha value is -1.35. The topological polar surface area (TPSA) is 84.7 Å². The van der Waals surface area contributed by atoms with Crippen molar-refractivity contribution in [2.24, 2.45) is 5.73 Å². The normalized spacial score (nSPS) is 20.0. The van der Waals surface area contributed by atoms with Gasteiger partial charge in [0, 0.05) is 26.2 Å². The van der Waals surface area contributed by atoms with Crippen LogP contribution in [0.15, 0.2) is 0 Å². The van der Waals surface area contributed by atoms with E-state index >= 15 is 0 Å². The monoisotopic (exact) mass is 311 g/mol. The Bertz CT molecular complexity index is 391. The van der Waals surface area contributed by atoms with Crippen LogP contribution in [0.1, 0.15) is 19.8 Å². The summed E-state index contributed by atoms with van der Waals surface area (Å²) in [4.78, 5) is 24.8. The maximum atomic E-state index is 12.6. The first-order valence-corrected chi connectivity index (χ1v) is 6.53. The molecule has 122 valence electrons. The summed E-state index contributed by atoms with van der Waals surface area (Å²) in [6.45, 7) is 1.33. The Kier molecular flexibility index (Phi) is 5.57. The van der Waals surface area contributed by atoms with E-state index in [0.29, 0.717) is 32.9 Å². The van der Waals surface area contributed by atoms with Crippen LogP contribution >= 0.6 is 0 Å². The lowest BCUT2D eigenvalue weighted by Crippen LogP contribution is -2.63. The molecule has 9 heteroatoms. The molecule has 0 radical (unpaired) electrons. The SMILES string of the molecule is COCC(=O)N1CCC(NC(=O)C(C)(N)C(F)(F)F)CC1. The molecular formula is C12H20F3N3O3. The Morgan fingerprint density at radius 3 is 2.29 bits per heavy atom. The predicted octanol–water partition coefficient (Wildman–Crippen LogP) is 0.0197. The summed E-state index contributed by atoms with van der Waals surface area (Å²) in [6, 6.07) is -0.422. The van der Waals surface area contributed by atoms with Crippen LogP contribution in [0.2, 0.25) is 0 Å². The van der Waals surface area contributed by atoms with Crippen molar-refractivity contribution < 1.29 is 27.5 Å². The number of nitrogens with zero attached hydrogens (tertiary/aromatic N) is 1. The van der Waals surface area contributed by atoms with E-state index in [1.54, 1.807) is 4.90 Å². The molecule has 0 saturated carbocycles. The molecule has 1 heterocycles.